The first-order valence-corrected chi connectivity index (χ1v) is 26.8. The highest BCUT2D eigenvalue weighted by atomic mass is 16.2. The van der Waals surface area contributed by atoms with Crippen molar-refractivity contribution in [2.45, 2.75) is 113 Å². The lowest BCUT2D eigenvalue weighted by molar-refractivity contribution is 0.0234. The highest BCUT2D eigenvalue weighted by Crippen LogP contribution is 2.48. The Morgan fingerprint density at radius 3 is 0.397 bits per heavy atom. The van der Waals surface area contributed by atoms with E-state index in [4.69, 9.17) is 0 Å². The van der Waals surface area contributed by atoms with E-state index < -0.39 is 107 Å². The molecule has 24 heterocycles. The van der Waals surface area contributed by atoms with Crippen LogP contribution in [0.3, 0.4) is 0 Å². The zero-order valence-electron chi connectivity index (χ0n) is 41.5. The van der Waals surface area contributed by atoms with Gasteiger partial charge in [0, 0.05) is 99.1 Å². The van der Waals surface area contributed by atoms with Crippen LogP contribution in [0.1, 0.15) is 201 Å². The molecule has 78 heavy (non-hydrogen) atoms. The summed E-state index contributed by atoms with van der Waals surface area (Å²) in [6, 6.07) is 11.3. The largest absolute Gasteiger partial charge is 0.269 e. The predicted molar refractivity (Wildman–Crippen MR) is 273 cm³/mol. The Labute approximate surface area is 441 Å². The van der Waals surface area contributed by atoms with Crippen LogP contribution >= 0.6 is 0 Å². The van der Waals surface area contributed by atoms with E-state index in [1.54, 1.807) is 0 Å². The van der Waals surface area contributed by atoms with E-state index in [1.165, 1.54) is 72.8 Å². The number of rotatable bonds is 0. The first kappa shape index (κ1) is 45.2. The minimum Gasteiger partial charge on any atom is -0.269 e. The molecule has 384 valence electrons. The molecular formula is C60H42N6O12. The number of hydrogen-bond acceptors (Lipinski definition) is 12. The normalized spacial score (nSPS) is 26.0. The van der Waals surface area contributed by atoms with E-state index in [1.807, 2.05) is 0 Å². The topological polar surface area (TPSA) is 224 Å². The molecule has 3 aliphatic carbocycles. The molecule has 24 aliphatic heterocycles. The maximum atomic E-state index is 15.1. The molecule has 33 rings (SSSR count). The lowest BCUT2D eigenvalue weighted by Crippen LogP contribution is -2.62. The number of amides is 12. The van der Waals surface area contributed by atoms with Crippen LogP contribution in [0.15, 0.2) is 72.8 Å². The summed E-state index contributed by atoms with van der Waals surface area (Å²) in [5, 5.41) is 0.685. The van der Waals surface area contributed by atoms with Gasteiger partial charge in [0.05, 0.1) is 36.3 Å². The highest BCUT2D eigenvalue weighted by Gasteiger charge is 2.54. The minimum atomic E-state index is -0.999. The second kappa shape index (κ2) is 15.3. The van der Waals surface area contributed by atoms with Crippen molar-refractivity contribution >= 4 is 103 Å². The van der Waals surface area contributed by atoms with Crippen molar-refractivity contribution in [2.75, 3.05) is 0 Å². The summed E-state index contributed by atoms with van der Waals surface area (Å²) in [5.41, 5.74) is 0.523. The standard InChI is InChI=1S/C60H42N6O12/c67-49-25-13-15-29-45-30-16-14-26(43(25)45)50(68)61(49)37-7-1-2-8-38(37)62-51(69)27-17-19-31-46-32(20-18-28(44(27)46)52(62)70)56(74)64(55(31)73)41-11-5-6-12-42(41)66-59(77)35-23-21-33-47-34(22-24-36(48(35)47)60(66)78)58(76)65(57(33)75)40-10-4-3-9-39(40)63(53(29)71)54(30)72/h13-24,37-42H,1-12H2/t37-,38-,39-,40-,41-,42?/m1/s1. The average molecular weight is 1040 g/mol. The minimum absolute atomic E-state index is 0.0436. The van der Waals surface area contributed by atoms with Gasteiger partial charge in [-0.3, -0.25) is 86.9 Å². The summed E-state index contributed by atoms with van der Waals surface area (Å²) in [5.74, 6) is -8.74. The molecule has 1 unspecified atom stereocenters. The number of carbonyl (C=O) groups excluding carboxylic acids is 12. The van der Waals surface area contributed by atoms with Gasteiger partial charge in [0.25, 0.3) is 70.9 Å². The molecule has 0 radical (unpaired) electrons. The molecule has 27 aliphatic rings. The SMILES string of the molecule is O=C1c2ccc3c4c5ccc(c24)C(=O)N1C1CCCC[C@H]1N1C(=O)c2ccc4c6c(ccc(c26)C1=O)C(=O)N(C4=O)[C@@H]1CCCC[C@H]1N1C(=O)c2ccc4c6c(ccc(c26)C1=O)C(=O)N(C4=O)[C@@H]1CCCC[C@H]1N(C3=O)C5=O. The fourth-order valence-electron chi connectivity index (χ4n) is 15.6. The number of nitrogens with zero attached hydrogens (tertiary/aromatic N) is 6. The molecular weight excluding hydrogens is 997 g/mol. The molecule has 6 aromatic rings. The van der Waals surface area contributed by atoms with Crippen LogP contribution in [-0.4, -0.2) is 137 Å². The van der Waals surface area contributed by atoms with Gasteiger partial charge in [-0.05, 0) is 111 Å². The van der Waals surface area contributed by atoms with Gasteiger partial charge in [-0.1, -0.05) is 38.5 Å². The summed E-state index contributed by atoms with van der Waals surface area (Å²) >= 11 is 0. The maximum Gasteiger partial charge on any atom is 0.261 e. The summed E-state index contributed by atoms with van der Waals surface area (Å²) in [7, 11) is 0. The van der Waals surface area contributed by atoms with E-state index in [2.05, 4.69) is 0 Å². The third-order valence-electron chi connectivity index (χ3n) is 18.9. The van der Waals surface area contributed by atoms with Gasteiger partial charge in [0.1, 0.15) is 0 Å². The Morgan fingerprint density at radius 1 is 0.192 bits per heavy atom. The highest BCUT2D eigenvalue weighted by molar-refractivity contribution is 6.37. The molecule has 24 bridgehead atoms. The predicted octanol–water partition coefficient (Wildman–Crippen LogP) is 7.07. The number of benzene rings is 6. The van der Waals surface area contributed by atoms with Crippen LogP contribution in [0.5, 0.6) is 0 Å². The van der Waals surface area contributed by atoms with E-state index in [9.17, 15) is 0 Å². The fourth-order valence-corrected chi connectivity index (χ4v) is 15.6. The molecule has 0 N–H and O–H groups in total. The van der Waals surface area contributed by atoms with Crippen LogP contribution in [0.25, 0.3) is 32.3 Å². The molecule has 0 aromatic heterocycles. The Bertz CT molecular complexity index is 3250. The monoisotopic (exact) mass is 1040 g/mol. The van der Waals surface area contributed by atoms with Crippen molar-refractivity contribution in [1.29, 1.82) is 0 Å². The van der Waals surface area contributed by atoms with Gasteiger partial charge in [-0.15, -0.1) is 0 Å². The molecule has 0 saturated heterocycles. The van der Waals surface area contributed by atoms with E-state index in [-0.39, 0.29) is 138 Å². The Morgan fingerprint density at radius 2 is 0.295 bits per heavy atom. The first-order chi connectivity index (χ1) is 37.8. The lowest BCUT2D eigenvalue weighted by Gasteiger charge is -2.47. The third-order valence-corrected chi connectivity index (χ3v) is 18.9. The molecule has 6 aromatic carbocycles. The first-order valence-electron chi connectivity index (χ1n) is 26.8. The second-order valence-electron chi connectivity index (χ2n) is 22.4. The quantitative estimate of drug-likeness (QED) is 0.139. The smallest absolute Gasteiger partial charge is 0.261 e. The molecule has 12 amide bonds. The van der Waals surface area contributed by atoms with Crippen LogP contribution in [0.4, 0.5) is 0 Å². The van der Waals surface area contributed by atoms with Gasteiger partial charge >= 0.3 is 0 Å². The zero-order chi connectivity index (χ0) is 53.2. The molecule has 18 nitrogen and oxygen atoms in total. The van der Waals surface area contributed by atoms with E-state index in [0.29, 0.717) is 38.5 Å². The van der Waals surface area contributed by atoms with Gasteiger partial charge < -0.3 is 0 Å². The zero-order valence-corrected chi connectivity index (χ0v) is 41.5. The third kappa shape index (κ3) is 5.32. The lowest BCUT2D eigenvalue weighted by atomic mass is 9.79. The van der Waals surface area contributed by atoms with Crippen molar-refractivity contribution in [3.8, 4) is 0 Å². The van der Waals surface area contributed by atoms with Crippen molar-refractivity contribution in [2.24, 2.45) is 0 Å². The summed E-state index contributed by atoms with van der Waals surface area (Å²) < 4.78 is 0. The van der Waals surface area contributed by atoms with Gasteiger partial charge in [0.2, 0.25) is 0 Å². The second-order valence-corrected chi connectivity index (χ2v) is 22.4. The van der Waals surface area contributed by atoms with Crippen LogP contribution in [0, 0.1) is 0 Å². The molecule has 18 heteroatoms. The van der Waals surface area contributed by atoms with E-state index in [0.717, 1.165) is 29.4 Å². The van der Waals surface area contributed by atoms with Gasteiger partial charge in [-0.25, -0.2) is 0 Å². The number of carbonyl (C=O) groups is 12. The number of hydrogen-bond donors (Lipinski definition) is 0. The Balaban J connectivity index is 0.894. The van der Waals surface area contributed by atoms with Crippen LogP contribution in [-0.2, 0) is 0 Å². The van der Waals surface area contributed by atoms with Crippen molar-refractivity contribution in [3.63, 3.8) is 0 Å². The maximum absolute atomic E-state index is 15.1. The van der Waals surface area contributed by atoms with E-state index >= 15 is 57.5 Å². The van der Waals surface area contributed by atoms with Crippen molar-refractivity contribution < 1.29 is 57.5 Å². The summed E-state index contributed by atoms with van der Waals surface area (Å²) in [4.78, 5) is 187. The van der Waals surface area contributed by atoms with Crippen LogP contribution < -0.4 is 0 Å². The van der Waals surface area contributed by atoms with Crippen molar-refractivity contribution in [3.05, 3.63) is 140 Å². The molecule has 0 spiro atoms. The van der Waals surface area contributed by atoms with Gasteiger partial charge in [-0.2, -0.15) is 0 Å². The molecule has 3 saturated carbocycles. The number of imide groups is 6. The molecule has 6 atom stereocenters. The van der Waals surface area contributed by atoms with Gasteiger partial charge in [0.15, 0.2) is 0 Å². The van der Waals surface area contributed by atoms with Crippen molar-refractivity contribution in [1.82, 2.24) is 29.4 Å². The molecule has 3 fully saturated rings. The fraction of sp³-hybridized carbons (Fsp3) is 0.300. The Hall–Kier alpha value is -9.06. The Kier molecular flexibility index (Phi) is 8.87. The average Bonchev–Trinajstić information content (AvgIpc) is 3.48. The summed E-state index contributed by atoms with van der Waals surface area (Å²) in [6.45, 7) is 0. The summed E-state index contributed by atoms with van der Waals surface area (Å²) in [6.07, 6.45) is 4.74. The van der Waals surface area contributed by atoms with Crippen LogP contribution in [0.2, 0.25) is 0 Å².